The molecular weight excluding hydrogens is 298 g/mol. The van der Waals surface area contributed by atoms with Crippen LogP contribution in [0.4, 0.5) is 0 Å². The SMILES string of the molecule is CC(O)(CNC(=O)Cn1cnc2c1CCCC2)c1cccs1. The Hall–Kier alpha value is -1.66. The first-order valence-electron chi connectivity index (χ1n) is 7.62. The minimum Gasteiger partial charge on any atom is -0.383 e. The fraction of sp³-hybridized carbons (Fsp3) is 0.500. The van der Waals surface area contributed by atoms with E-state index in [1.807, 2.05) is 22.1 Å². The van der Waals surface area contributed by atoms with Crippen LogP contribution in [0.15, 0.2) is 23.8 Å². The van der Waals surface area contributed by atoms with Crippen molar-refractivity contribution in [2.24, 2.45) is 0 Å². The first-order chi connectivity index (χ1) is 10.6. The van der Waals surface area contributed by atoms with Crippen molar-refractivity contribution >= 4 is 17.2 Å². The summed E-state index contributed by atoms with van der Waals surface area (Å²) in [5.74, 6) is -0.0948. The zero-order valence-corrected chi connectivity index (χ0v) is 13.5. The normalized spacial score (nSPS) is 16.8. The van der Waals surface area contributed by atoms with Gasteiger partial charge in [0.25, 0.3) is 0 Å². The van der Waals surface area contributed by atoms with Gasteiger partial charge in [-0.25, -0.2) is 4.98 Å². The topological polar surface area (TPSA) is 67.2 Å². The van der Waals surface area contributed by atoms with Crippen LogP contribution in [0.2, 0.25) is 0 Å². The Bertz CT molecular complexity index is 646. The van der Waals surface area contributed by atoms with Crippen molar-refractivity contribution in [2.75, 3.05) is 6.54 Å². The highest BCUT2D eigenvalue weighted by Gasteiger charge is 2.25. The van der Waals surface area contributed by atoms with E-state index in [1.165, 1.54) is 23.5 Å². The fourth-order valence-corrected chi connectivity index (χ4v) is 3.61. The molecule has 3 rings (SSSR count). The molecule has 1 amide bonds. The largest absolute Gasteiger partial charge is 0.383 e. The van der Waals surface area contributed by atoms with Gasteiger partial charge in [-0.1, -0.05) is 6.07 Å². The monoisotopic (exact) mass is 319 g/mol. The van der Waals surface area contributed by atoms with Crippen LogP contribution >= 0.6 is 11.3 Å². The van der Waals surface area contributed by atoms with Crippen molar-refractivity contribution in [2.45, 2.75) is 44.8 Å². The Labute approximate surface area is 134 Å². The van der Waals surface area contributed by atoms with Gasteiger partial charge in [-0.15, -0.1) is 11.3 Å². The third-order valence-corrected chi connectivity index (χ3v) is 5.23. The molecule has 5 nitrogen and oxygen atoms in total. The van der Waals surface area contributed by atoms with E-state index in [4.69, 9.17) is 0 Å². The zero-order valence-electron chi connectivity index (χ0n) is 12.7. The predicted octanol–water partition coefficient (Wildman–Crippen LogP) is 1.85. The van der Waals surface area contributed by atoms with Crippen LogP contribution in [-0.4, -0.2) is 27.1 Å². The Morgan fingerprint density at radius 2 is 2.32 bits per heavy atom. The van der Waals surface area contributed by atoms with Crippen LogP contribution in [0.25, 0.3) is 0 Å². The zero-order chi connectivity index (χ0) is 15.6. The third kappa shape index (κ3) is 3.23. The number of imidazole rings is 1. The van der Waals surface area contributed by atoms with Gasteiger partial charge in [-0.3, -0.25) is 4.79 Å². The summed E-state index contributed by atoms with van der Waals surface area (Å²) in [6.45, 7) is 2.20. The number of fused-ring (bicyclic) bond motifs is 1. The minimum absolute atomic E-state index is 0.0948. The number of aliphatic hydroxyl groups is 1. The molecule has 0 saturated carbocycles. The first-order valence-corrected chi connectivity index (χ1v) is 8.50. The maximum absolute atomic E-state index is 12.1. The Balaban J connectivity index is 1.58. The van der Waals surface area contributed by atoms with Gasteiger partial charge < -0.3 is 15.0 Å². The lowest BCUT2D eigenvalue weighted by molar-refractivity contribution is -0.122. The number of carbonyl (C=O) groups is 1. The van der Waals surface area contributed by atoms with Crippen molar-refractivity contribution in [1.82, 2.24) is 14.9 Å². The number of nitrogens with zero attached hydrogens (tertiary/aromatic N) is 2. The number of amides is 1. The van der Waals surface area contributed by atoms with E-state index in [9.17, 15) is 9.90 Å². The lowest BCUT2D eigenvalue weighted by atomic mass is 10.0. The van der Waals surface area contributed by atoms with Gasteiger partial charge in [0.15, 0.2) is 0 Å². The van der Waals surface area contributed by atoms with Gasteiger partial charge in [0, 0.05) is 10.6 Å². The molecule has 0 aromatic carbocycles. The van der Waals surface area contributed by atoms with Crippen molar-refractivity contribution in [1.29, 1.82) is 0 Å². The first kappa shape index (κ1) is 15.2. The molecule has 0 spiro atoms. The summed E-state index contributed by atoms with van der Waals surface area (Å²) in [5, 5.41) is 15.2. The second-order valence-corrected chi connectivity index (χ2v) is 6.95. The highest BCUT2D eigenvalue weighted by Crippen LogP contribution is 2.24. The maximum Gasteiger partial charge on any atom is 0.240 e. The number of carbonyl (C=O) groups excluding carboxylic acids is 1. The number of hydrogen-bond donors (Lipinski definition) is 2. The summed E-state index contributed by atoms with van der Waals surface area (Å²) in [5.41, 5.74) is 1.29. The van der Waals surface area contributed by atoms with Crippen molar-refractivity contribution in [3.63, 3.8) is 0 Å². The van der Waals surface area contributed by atoms with Crippen LogP contribution in [0.3, 0.4) is 0 Å². The molecule has 2 N–H and O–H groups in total. The summed E-state index contributed by atoms with van der Waals surface area (Å²) in [7, 11) is 0. The Kier molecular flexibility index (Phi) is 4.31. The summed E-state index contributed by atoms with van der Waals surface area (Å²) in [6.07, 6.45) is 6.10. The van der Waals surface area contributed by atoms with Crippen LogP contribution in [0.1, 0.15) is 36.0 Å². The maximum atomic E-state index is 12.1. The number of nitrogens with one attached hydrogen (secondary N) is 1. The van der Waals surface area contributed by atoms with Crippen LogP contribution in [0.5, 0.6) is 0 Å². The summed E-state index contributed by atoms with van der Waals surface area (Å²) in [6, 6.07) is 3.77. The van der Waals surface area contributed by atoms with Gasteiger partial charge in [0.2, 0.25) is 5.91 Å². The second kappa shape index (κ2) is 6.22. The van der Waals surface area contributed by atoms with Crippen molar-refractivity contribution in [3.8, 4) is 0 Å². The van der Waals surface area contributed by atoms with Crippen molar-refractivity contribution < 1.29 is 9.90 Å². The molecule has 2 heterocycles. The molecule has 1 unspecified atom stereocenters. The molecule has 1 aliphatic rings. The second-order valence-electron chi connectivity index (χ2n) is 6.00. The van der Waals surface area contributed by atoms with Crippen molar-refractivity contribution in [3.05, 3.63) is 40.1 Å². The minimum atomic E-state index is -1.03. The van der Waals surface area contributed by atoms with E-state index in [2.05, 4.69) is 10.3 Å². The van der Waals surface area contributed by atoms with Gasteiger partial charge in [0.1, 0.15) is 12.1 Å². The van der Waals surface area contributed by atoms with Gasteiger partial charge in [-0.2, -0.15) is 0 Å². The molecule has 0 radical (unpaired) electrons. The van der Waals surface area contributed by atoms with E-state index in [1.54, 1.807) is 13.3 Å². The Morgan fingerprint density at radius 1 is 1.50 bits per heavy atom. The molecule has 1 aliphatic carbocycles. The number of hydrogen-bond acceptors (Lipinski definition) is 4. The van der Waals surface area contributed by atoms with E-state index < -0.39 is 5.60 Å². The number of rotatable bonds is 5. The quantitative estimate of drug-likeness (QED) is 0.884. The number of aryl methyl sites for hydroxylation is 1. The lowest BCUT2D eigenvalue weighted by Crippen LogP contribution is -2.39. The average molecular weight is 319 g/mol. The molecule has 2 aromatic rings. The smallest absolute Gasteiger partial charge is 0.240 e. The molecule has 0 bridgehead atoms. The lowest BCUT2D eigenvalue weighted by Gasteiger charge is -2.22. The van der Waals surface area contributed by atoms with Crippen LogP contribution < -0.4 is 5.32 Å². The summed E-state index contributed by atoms with van der Waals surface area (Å²) < 4.78 is 1.93. The number of aromatic nitrogens is 2. The molecule has 118 valence electrons. The fourth-order valence-electron chi connectivity index (χ4n) is 2.82. The van der Waals surface area contributed by atoms with E-state index in [0.717, 1.165) is 29.8 Å². The molecule has 0 fully saturated rings. The molecule has 1 atom stereocenters. The summed E-state index contributed by atoms with van der Waals surface area (Å²) >= 11 is 1.49. The van der Waals surface area contributed by atoms with E-state index >= 15 is 0 Å². The Morgan fingerprint density at radius 3 is 3.09 bits per heavy atom. The van der Waals surface area contributed by atoms with E-state index in [-0.39, 0.29) is 19.0 Å². The molecular formula is C16H21N3O2S. The van der Waals surface area contributed by atoms with Gasteiger partial charge in [0.05, 0.1) is 18.6 Å². The molecule has 6 heteroatoms. The van der Waals surface area contributed by atoms with Crippen LogP contribution in [0, 0.1) is 0 Å². The van der Waals surface area contributed by atoms with E-state index in [0.29, 0.717) is 0 Å². The standard InChI is InChI=1S/C16H21N3O2S/c1-16(21,14-7-4-8-22-14)10-17-15(20)9-19-11-18-12-5-2-3-6-13(12)19/h4,7-8,11,21H,2-3,5-6,9-10H2,1H3,(H,17,20). The molecule has 22 heavy (non-hydrogen) atoms. The highest BCUT2D eigenvalue weighted by molar-refractivity contribution is 7.10. The highest BCUT2D eigenvalue weighted by atomic mass is 32.1. The molecule has 0 saturated heterocycles. The van der Waals surface area contributed by atoms with Crippen LogP contribution in [-0.2, 0) is 29.8 Å². The van der Waals surface area contributed by atoms with Gasteiger partial charge >= 0.3 is 0 Å². The molecule has 2 aromatic heterocycles. The summed E-state index contributed by atoms with van der Waals surface area (Å²) in [4.78, 5) is 17.4. The third-order valence-electron chi connectivity index (χ3n) is 4.11. The average Bonchev–Trinajstić information content (AvgIpc) is 3.16. The van der Waals surface area contributed by atoms with Gasteiger partial charge in [-0.05, 0) is 44.1 Å². The number of thiophene rings is 1. The molecule has 0 aliphatic heterocycles. The predicted molar refractivity (Wildman–Crippen MR) is 85.8 cm³/mol.